The lowest BCUT2D eigenvalue weighted by Gasteiger charge is -2.25. The molecule has 0 spiro atoms. The molecular formula is C21H21F3N4O4S. The monoisotopic (exact) mass is 482 g/mol. The Labute approximate surface area is 188 Å². The summed E-state index contributed by atoms with van der Waals surface area (Å²) < 4.78 is 70.8. The van der Waals surface area contributed by atoms with Crippen molar-refractivity contribution in [3.63, 3.8) is 0 Å². The minimum Gasteiger partial charge on any atom is -0.391 e. The Kier molecular flexibility index (Phi) is 6.39. The molecular weight excluding hydrogens is 461 g/mol. The smallest absolute Gasteiger partial charge is 0.391 e. The van der Waals surface area contributed by atoms with Crippen molar-refractivity contribution in [2.24, 2.45) is 5.92 Å². The zero-order chi connectivity index (χ0) is 23.6. The fourth-order valence-electron chi connectivity index (χ4n) is 3.29. The van der Waals surface area contributed by atoms with Gasteiger partial charge < -0.3 is 10.1 Å². The van der Waals surface area contributed by atoms with E-state index in [-0.39, 0.29) is 25.4 Å². The summed E-state index contributed by atoms with van der Waals surface area (Å²) in [5.41, 5.74) is -0.377. The molecule has 0 unspecified atom stereocenters. The number of carbonyl (C=O) groups is 1. The molecule has 1 aromatic heterocycles. The van der Waals surface area contributed by atoms with E-state index in [4.69, 9.17) is 4.74 Å². The van der Waals surface area contributed by atoms with Crippen molar-refractivity contribution in [1.82, 2.24) is 19.6 Å². The van der Waals surface area contributed by atoms with E-state index in [0.717, 1.165) is 35.3 Å². The molecule has 1 aliphatic heterocycles. The molecule has 2 aromatic rings. The Morgan fingerprint density at radius 1 is 1.24 bits per heavy atom. The summed E-state index contributed by atoms with van der Waals surface area (Å²) in [6.07, 6.45) is 0.205. The average molecular weight is 482 g/mol. The first-order valence-corrected chi connectivity index (χ1v) is 11.7. The summed E-state index contributed by atoms with van der Waals surface area (Å²) >= 11 is 0. The fraction of sp³-hybridized carbons (Fsp3) is 0.381. The predicted molar refractivity (Wildman–Crippen MR) is 112 cm³/mol. The van der Waals surface area contributed by atoms with Crippen LogP contribution in [-0.2, 0) is 16.2 Å². The Morgan fingerprint density at radius 3 is 2.70 bits per heavy atom. The number of rotatable bonds is 6. The van der Waals surface area contributed by atoms with Crippen LogP contribution in [-0.4, -0.2) is 48.4 Å². The third kappa shape index (κ3) is 5.69. The fourth-order valence-corrected chi connectivity index (χ4v) is 4.72. The first-order valence-electron chi connectivity index (χ1n) is 10.3. The van der Waals surface area contributed by atoms with Crippen molar-refractivity contribution in [3.8, 4) is 5.88 Å². The number of hydrogen-bond acceptors (Lipinski definition) is 6. The number of halogens is 3. The third-order valence-electron chi connectivity index (χ3n) is 5.32. The molecule has 0 bridgehead atoms. The van der Waals surface area contributed by atoms with Gasteiger partial charge in [0.1, 0.15) is 0 Å². The van der Waals surface area contributed by atoms with Gasteiger partial charge in [-0.2, -0.15) is 22.5 Å². The maximum absolute atomic E-state index is 13.0. The van der Waals surface area contributed by atoms with Gasteiger partial charge in [-0.15, -0.1) is 0 Å². The minimum atomic E-state index is -4.64. The van der Waals surface area contributed by atoms with Crippen LogP contribution in [0.5, 0.6) is 5.88 Å². The molecule has 2 heterocycles. The van der Waals surface area contributed by atoms with Crippen LogP contribution in [0, 0.1) is 5.92 Å². The summed E-state index contributed by atoms with van der Waals surface area (Å²) in [7, 11) is -4.11. The summed E-state index contributed by atoms with van der Waals surface area (Å²) in [5, 5.41) is 2.66. The highest BCUT2D eigenvalue weighted by Gasteiger charge is 2.33. The summed E-state index contributed by atoms with van der Waals surface area (Å²) in [5.74, 6) is 0.855. The van der Waals surface area contributed by atoms with Crippen LogP contribution in [0.1, 0.15) is 30.7 Å². The molecule has 0 saturated heterocycles. The second-order valence-electron chi connectivity index (χ2n) is 7.80. The molecule has 12 heteroatoms. The SMILES string of the molecule is O=C(NCC1CC1)Oc1ccnc(C2=CCN(S(=O)(=O)c3cccc(C(F)(F)F)c3)CC2)n1. The van der Waals surface area contributed by atoms with Crippen LogP contribution in [0.25, 0.3) is 5.57 Å². The van der Waals surface area contributed by atoms with E-state index in [1.807, 2.05) is 0 Å². The Hall–Kier alpha value is -2.99. The lowest BCUT2D eigenvalue weighted by molar-refractivity contribution is -0.137. The molecule has 8 nitrogen and oxygen atoms in total. The first-order chi connectivity index (χ1) is 15.6. The van der Waals surface area contributed by atoms with E-state index in [1.165, 1.54) is 12.3 Å². The van der Waals surface area contributed by atoms with Gasteiger partial charge in [0, 0.05) is 31.9 Å². The number of ether oxygens (including phenoxy) is 1. The molecule has 1 aliphatic carbocycles. The van der Waals surface area contributed by atoms with E-state index >= 15 is 0 Å². The minimum absolute atomic E-state index is 0.0424. The normalized spacial score (nSPS) is 17.4. The molecule has 1 aromatic carbocycles. The Balaban J connectivity index is 1.43. The van der Waals surface area contributed by atoms with Crippen LogP contribution < -0.4 is 10.1 Å². The van der Waals surface area contributed by atoms with Crippen molar-refractivity contribution in [2.45, 2.75) is 30.3 Å². The molecule has 176 valence electrons. The highest BCUT2D eigenvalue weighted by atomic mass is 32.2. The lowest BCUT2D eigenvalue weighted by atomic mass is 10.1. The standard InChI is InChI=1S/C21H21F3N4O4S/c22-21(23,24)16-2-1-3-17(12-16)33(30,31)28-10-7-15(8-11-28)19-25-9-6-18(27-19)32-20(29)26-13-14-4-5-14/h1-3,6-7,9,12,14H,4-5,8,10-11,13H2,(H,26,29). The van der Waals surface area contributed by atoms with E-state index in [9.17, 15) is 26.4 Å². The van der Waals surface area contributed by atoms with Crippen LogP contribution in [0.4, 0.5) is 18.0 Å². The van der Waals surface area contributed by atoms with Crippen molar-refractivity contribution >= 4 is 21.7 Å². The molecule has 4 rings (SSSR count). The van der Waals surface area contributed by atoms with Gasteiger partial charge in [0.15, 0.2) is 5.82 Å². The molecule has 33 heavy (non-hydrogen) atoms. The van der Waals surface area contributed by atoms with Crippen molar-refractivity contribution < 1.29 is 31.1 Å². The quantitative estimate of drug-likeness (QED) is 0.677. The van der Waals surface area contributed by atoms with E-state index in [0.29, 0.717) is 29.9 Å². The highest BCUT2D eigenvalue weighted by Crippen LogP contribution is 2.32. The topological polar surface area (TPSA) is 101 Å². The highest BCUT2D eigenvalue weighted by molar-refractivity contribution is 7.89. The molecule has 1 fully saturated rings. The van der Waals surface area contributed by atoms with Gasteiger partial charge in [0.05, 0.1) is 10.5 Å². The van der Waals surface area contributed by atoms with Gasteiger partial charge >= 0.3 is 12.3 Å². The average Bonchev–Trinajstić information content (AvgIpc) is 3.62. The Bertz CT molecular complexity index is 1180. The van der Waals surface area contributed by atoms with Crippen molar-refractivity contribution in [3.05, 3.63) is 54.0 Å². The van der Waals surface area contributed by atoms with Crippen LogP contribution in [0.3, 0.4) is 0 Å². The van der Waals surface area contributed by atoms with Gasteiger partial charge in [-0.05, 0) is 49.0 Å². The molecule has 1 N–H and O–H groups in total. The molecule has 1 amide bonds. The van der Waals surface area contributed by atoms with Gasteiger partial charge in [-0.3, -0.25) is 0 Å². The zero-order valence-corrected chi connectivity index (χ0v) is 18.2. The van der Waals surface area contributed by atoms with Crippen LogP contribution in [0.15, 0.2) is 47.5 Å². The first kappa shape index (κ1) is 23.2. The zero-order valence-electron chi connectivity index (χ0n) is 17.4. The molecule has 1 saturated carbocycles. The summed E-state index contributed by atoms with van der Waals surface area (Å²) in [6.45, 7) is 0.545. The maximum Gasteiger partial charge on any atom is 0.416 e. The largest absolute Gasteiger partial charge is 0.416 e. The summed E-state index contributed by atoms with van der Waals surface area (Å²) in [4.78, 5) is 19.8. The number of carbonyl (C=O) groups excluding carboxylic acids is 1. The second-order valence-corrected chi connectivity index (χ2v) is 9.74. The lowest BCUT2D eigenvalue weighted by Crippen LogP contribution is -2.35. The molecule has 0 radical (unpaired) electrons. The van der Waals surface area contributed by atoms with Crippen LogP contribution in [0.2, 0.25) is 0 Å². The number of sulfonamides is 1. The molecule has 2 aliphatic rings. The Morgan fingerprint density at radius 2 is 2.03 bits per heavy atom. The van der Waals surface area contributed by atoms with E-state index in [2.05, 4.69) is 15.3 Å². The predicted octanol–water partition coefficient (Wildman–Crippen LogP) is 3.47. The summed E-state index contributed by atoms with van der Waals surface area (Å²) in [6, 6.07) is 5.11. The number of nitrogens with one attached hydrogen (secondary N) is 1. The molecule has 0 atom stereocenters. The maximum atomic E-state index is 13.0. The number of nitrogens with zero attached hydrogens (tertiary/aromatic N) is 3. The number of alkyl halides is 3. The van der Waals surface area contributed by atoms with Gasteiger partial charge in [-0.25, -0.2) is 18.2 Å². The van der Waals surface area contributed by atoms with Gasteiger partial charge in [-0.1, -0.05) is 12.1 Å². The number of amides is 1. The third-order valence-corrected chi connectivity index (χ3v) is 7.18. The van der Waals surface area contributed by atoms with E-state index < -0.39 is 32.8 Å². The number of hydrogen-bond donors (Lipinski definition) is 1. The van der Waals surface area contributed by atoms with Gasteiger partial charge in [0.25, 0.3) is 0 Å². The van der Waals surface area contributed by atoms with E-state index in [1.54, 1.807) is 6.08 Å². The number of aromatic nitrogens is 2. The van der Waals surface area contributed by atoms with Crippen molar-refractivity contribution in [1.29, 1.82) is 0 Å². The number of benzene rings is 1. The second kappa shape index (κ2) is 9.10. The van der Waals surface area contributed by atoms with Crippen LogP contribution >= 0.6 is 0 Å². The van der Waals surface area contributed by atoms with Gasteiger partial charge in [0.2, 0.25) is 15.9 Å². The van der Waals surface area contributed by atoms with Crippen molar-refractivity contribution in [2.75, 3.05) is 19.6 Å².